The lowest BCUT2D eigenvalue weighted by molar-refractivity contribution is -0.245. The average molecular weight is 512 g/mol. The second-order valence-electron chi connectivity index (χ2n) is 8.23. The maximum Gasteiger partial charge on any atom is 0.407 e. The van der Waals surface area contributed by atoms with Gasteiger partial charge in [-0.2, -0.15) is 0 Å². The zero-order chi connectivity index (χ0) is 25.3. The number of amides is 1. The molecule has 190 valence electrons. The molecule has 1 saturated heterocycles. The number of nitrogens with one attached hydrogen (secondary N) is 1. The van der Waals surface area contributed by atoms with Gasteiger partial charge < -0.3 is 24.6 Å². The molecule has 3 aromatic rings. The van der Waals surface area contributed by atoms with Crippen molar-refractivity contribution in [3.63, 3.8) is 0 Å². The van der Waals surface area contributed by atoms with Crippen molar-refractivity contribution in [3.05, 3.63) is 83.4 Å². The van der Waals surface area contributed by atoms with E-state index in [2.05, 4.69) is 27.4 Å². The van der Waals surface area contributed by atoms with Crippen LogP contribution in [0.3, 0.4) is 0 Å². The van der Waals surface area contributed by atoms with Crippen molar-refractivity contribution in [2.45, 2.75) is 43.2 Å². The summed E-state index contributed by atoms with van der Waals surface area (Å²) < 4.78 is 19.3. The molecule has 36 heavy (non-hydrogen) atoms. The third kappa shape index (κ3) is 6.91. The fourth-order valence-corrected chi connectivity index (χ4v) is 4.55. The van der Waals surface area contributed by atoms with E-state index >= 15 is 0 Å². The zero-order valence-electron chi connectivity index (χ0n) is 19.9. The third-order valence-electron chi connectivity index (χ3n) is 5.62. The minimum atomic E-state index is -0.566. The number of aliphatic hydroxyl groups is 1. The molecule has 1 aliphatic rings. The van der Waals surface area contributed by atoms with Crippen LogP contribution >= 0.6 is 11.8 Å². The summed E-state index contributed by atoms with van der Waals surface area (Å²) in [6.45, 7) is 4.02. The number of ether oxygens (including phenoxy) is 3. The van der Waals surface area contributed by atoms with E-state index in [-0.39, 0.29) is 25.4 Å². The van der Waals surface area contributed by atoms with E-state index in [0.29, 0.717) is 23.9 Å². The Morgan fingerprint density at radius 1 is 1.19 bits per heavy atom. The zero-order valence-corrected chi connectivity index (χ0v) is 20.8. The van der Waals surface area contributed by atoms with Gasteiger partial charge in [-0.15, -0.1) is 5.10 Å². The second-order valence-corrected chi connectivity index (χ2v) is 9.22. The van der Waals surface area contributed by atoms with Crippen molar-refractivity contribution >= 4 is 17.9 Å². The van der Waals surface area contributed by atoms with E-state index in [0.717, 1.165) is 22.3 Å². The molecule has 1 fully saturated rings. The van der Waals surface area contributed by atoms with Crippen LogP contribution in [-0.2, 0) is 34.4 Å². The van der Waals surface area contributed by atoms with Crippen LogP contribution in [0.4, 0.5) is 4.79 Å². The highest BCUT2D eigenvalue weighted by molar-refractivity contribution is 7.99. The summed E-state index contributed by atoms with van der Waals surface area (Å²) >= 11 is 1.53. The predicted octanol–water partition coefficient (Wildman–Crippen LogP) is 3.45. The van der Waals surface area contributed by atoms with Crippen LogP contribution in [-0.4, -0.2) is 49.9 Å². The van der Waals surface area contributed by atoms with Gasteiger partial charge >= 0.3 is 6.09 Å². The Hall–Kier alpha value is -3.25. The van der Waals surface area contributed by atoms with E-state index in [1.54, 1.807) is 11.7 Å². The normalized spacial score (nSPS) is 19.6. The van der Waals surface area contributed by atoms with Crippen molar-refractivity contribution < 1.29 is 24.1 Å². The maximum absolute atomic E-state index is 11.7. The van der Waals surface area contributed by atoms with Crippen LogP contribution in [0.5, 0.6) is 0 Å². The predicted molar refractivity (Wildman–Crippen MR) is 133 cm³/mol. The van der Waals surface area contributed by atoms with Crippen molar-refractivity contribution in [2.75, 3.05) is 12.4 Å². The Morgan fingerprint density at radius 3 is 2.58 bits per heavy atom. The van der Waals surface area contributed by atoms with E-state index in [4.69, 9.17) is 14.2 Å². The first-order chi connectivity index (χ1) is 17.6. The molecule has 0 radical (unpaired) electrons. The van der Waals surface area contributed by atoms with Gasteiger partial charge in [0, 0.05) is 31.3 Å². The Kier molecular flexibility index (Phi) is 9.06. The molecule has 2 aromatic carbocycles. The summed E-state index contributed by atoms with van der Waals surface area (Å²) in [7, 11) is 1.80. The molecule has 0 saturated carbocycles. The summed E-state index contributed by atoms with van der Waals surface area (Å²) in [5, 5.41) is 24.4. The van der Waals surface area contributed by atoms with Crippen LogP contribution in [0.15, 0.2) is 66.3 Å². The third-order valence-corrected chi connectivity index (χ3v) is 6.76. The van der Waals surface area contributed by atoms with Crippen LogP contribution in [0.2, 0.25) is 0 Å². The van der Waals surface area contributed by atoms with E-state index in [9.17, 15) is 9.90 Å². The number of hydrogen-bond acceptors (Lipinski definition) is 9. The molecular formula is C25H29N5O5S. The summed E-state index contributed by atoms with van der Waals surface area (Å²) in [6.07, 6.45) is 0.843. The van der Waals surface area contributed by atoms with Gasteiger partial charge in [0.1, 0.15) is 6.61 Å². The maximum atomic E-state index is 11.7. The Morgan fingerprint density at radius 2 is 1.92 bits per heavy atom. The quantitative estimate of drug-likeness (QED) is 0.311. The molecule has 1 amide bonds. The second kappa shape index (κ2) is 12.6. The van der Waals surface area contributed by atoms with Crippen molar-refractivity contribution in [3.8, 4) is 0 Å². The van der Waals surface area contributed by atoms with Gasteiger partial charge in [-0.25, -0.2) is 9.48 Å². The number of thioether (sulfide) groups is 1. The molecular weight excluding hydrogens is 482 g/mol. The molecule has 1 aromatic heterocycles. The molecule has 0 bridgehead atoms. The largest absolute Gasteiger partial charge is 0.445 e. The summed E-state index contributed by atoms with van der Waals surface area (Å²) in [5.41, 5.74) is 3.67. The monoisotopic (exact) mass is 511 g/mol. The van der Waals surface area contributed by atoms with Gasteiger partial charge in [-0.3, -0.25) is 0 Å². The van der Waals surface area contributed by atoms with Crippen LogP contribution < -0.4 is 5.32 Å². The Balaban J connectivity index is 1.45. The fraction of sp³-hybridized carbons (Fsp3) is 0.360. The van der Waals surface area contributed by atoms with Gasteiger partial charge in [-0.05, 0) is 27.1 Å². The Bertz CT molecular complexity index is 1140. The molecule has 4 rings (SSSR count). The van der Waals surface area contributed by atoms with Crippen molar-refractivity contribution in [2.24, 2.45) is 7.05 Å². The first-order valence-corrected chi connectivity index (χ1v) is 12.5. The fourth-order valence-electron chi connectivity index (χ4n) is 3.69. The number of carbonyl (C=O) groups is 1. The lowest BCUT2D eigenvalue weighted by atomic mass is 10.0. The van der Waals surface area contributed by atoms with E-state index in [1.807, 2.05) is 48.5 Å². The number of alkyl carbamates (subject to hydrolysis) is 1. The van der Waals surface area contributed by atoms with Gasteiger partial charge in [0.05, 0.1) is 18.8 Å². The molecule has 1 aliphatic heterocycles. The topological polar surface area (TPSA) is 121 Å². The number of tetrazole rings is 1. The smallest absolute Gasteiger partial charge is 0.407 e. The molecule has 0 spiro atoms. The van der Waals surface area contributed by atoms with E-state index in [1.165, 1.54) is 17.8 Å². The lowest BCUT2D eigenvalue weighted by Gasteiger charge is -2.36. The van der Waals surface area contributed by atoms with Gasteiger partial charge in [0.25, 0.3) is 0 Å². The van der Waals surface area contributed by atoms with Crippen LogP contribution in [0.25, 0.3) is 0 Å². The molecule has 11 heteroatoms. The standard InChI is InChI=1S/C25H29N5O5S/c1-3-12-33-25(32)26-14-17-4-10-20(11-5-17)23-34-21(16-36-24-27-28-29-30(24)2)13-22(35-23)19-8-6-18(15-31)7-9-19/h3-11,21-23,31H,1,12-16H2,2H3,(H,26,32)/t21-,22+,23+/m0/s1. The van der Waals surface area contributed by atoms with Crippen molar-refractivity contribution in [1.29, 1.82) is 0 Å². The molecule has 2 N–H and O–H groups in total. The summed E-state index contributed by atoms with van der Waals surface area (Å²) in [4.78, 5) is 11.7. The number of rotatable bonds is 10. The molecule has 2 heterocycles. The highest BCUT2D eigenvalue weighted by Crippen LogP contribution is 2.39. The first-order valence-electron chi connectivity index (χ1n) is 11.5. The molecule has 10 nitrogen and oxygen atoms in total. The number of aliphatic hydroxyl groups excluding tert-OH is 1. The molecule has 0 aliphatic carbocycles. The minimum absolute atomic E-state index is 0.00424. The highest BCUT2D eigenvalue weighted by atomic mass is 32.2. The van der Waals surface area contributed by atoms with Crippen LogP contribution in [0.1, 0.15) is 41.1 Å². The lowest BCUT2D eigenvalue weighted by Crippen LogP contribution is -2.31. The summed E-state index contributed by atoms with van der Waals surface area (Å²) in [5.74, 6) is 0.661. The number of nitrogens with zero attached hydrogens (tertiary/aromatic N) is 4. The number of aryl methyl sites for hydroxylation is 1. The minimum Gasteiger partial charge on any atom is -0.445 e. The number of carbonyl (C=O) groups excluding carboxylic acids is 1. The van der Waals surface area contributed by atoms with Crippen LogP contribution in [0, 0.1) is 0 Å². The van der Waals surface area contributed by atoms with E-state index < -0.39 is 12.4 Å². The van der Waals surface area contributed by atoms with Gasteiger partial charge in [-0.1, -0.05) is 72.9 Å². The number of aromatic nitrogens is 4. The summed E-state index contributed by atoms with van der Waals surface area (Å²) in [6, 6.07) is 15.5. The highest BCUT2D eigenvalue weighted by Gasteiger charge is 2.32. The van der Waals surface area contributed by atoms with Gasteiger partial charge in [0.15, 0.2) is 6.29 Å². The first kappa shape index (κ1) is 25.8. The number of hydrogen-bond donors (Lipinski definition) is 2. The van der Waals surface area contributed by atoms with Crippen molar-refractivity contribution in [1.82, 2.24) is 25.5 Å². The molecule has 3 atom stereocenters. The van der Waals surface area contributed by atoms with Gasteiger partial charge in [0.2, 0.25) is 5.16 Å². The molecule has 0 unspecified atom stereocenters. The average Bonchev–Trinajstić information content (AvgIpc) is 3.34. The SMILES string of the molecule is C=CCOC(=O)NCc1ccc([C@@H]2O[C@H](CSc3nnnn3C)C[C@H](c3ccc(CO)cc3)O2)cc1. The Labute approximate surface area is 213 Å². The number of benzene rings is 2.